The second-order valence-electron chi connectivity index (χ2n) is 4.89. The van der Waals surface area contributed by atoms with Gasteiger partial charge in [-0.2, -0.15) is 0 Å². The highest BCUT2D eigenvalue weighted by atomic mass is 16.1. The normalized spacial score (nSPS) is 10.4. The van der Waals surface area contributed by atoms with Crippen LogP contribution in [0.15, 0.2) is 18.3 Å². The zero-order chi connectivity index (χ0) is 13.9. The molecule has 0 spiro atoms. The van der Waals surface area contributed by atoms with Crippen LogP contribution in [0.1, 0.15) is 58.3 Å². The van der Waals surface area contributed by atoms with Gasteiger partial charge in [-0.25, -0.2) is 4.98 Å². The number of aromatic nitrogens is 1. The molecule has 1 aromatic rings. The number of nitrogens with two attached hydrogens (primary N) is 1. The molecule has 1 rings (SSSR count). The molecular weight excluding hydrogens is 238 g/mol. The summed E-state index contributed by atoms with van der Waals surface area (Å²) in [5.74, 6) is 0.519. The lowest BCUT2D eigenvalue weighted by atomic mass is 10.1. The molecule has 4 nitrogen and oxygen atoms in total. The summed E-state index contributed by atoms with van der Waals surface area (Å²) in [5, 5.41) is 2.82. The van der Waals surface area contributed by atoms with Gasteiger partial charge in [-0.3, -0.25) is 4.79 Å². The Hall–Kier alpha value is -1.58. The first-order chi connectivity index (χ1) is 9.22. The summed E-state index contributed by atoms with van der Waals surface area (Å²) in [6.45, 7) is 2.22. The van der Waals surface area contributed by atoms with Crippen molar-refractivity contribution < 1.29 is 4.79 Å². The van der Waals surface area contributed by atoms with Crippen LogP contribution in [0.2, 0.25) is 0 Å². The monoisotopic (exact) mass is 263 g/mol. The van der Waals surface area contributed by atoms with Crippen molar-refractivity contribution in [3.05, 3.63) is 18.3 Å². The topological polar surface area (TPSA) is 68.0 Å². The maximum absolute atomic E-state index is 11.7. The van der Waals surface area contributed by atoms with Gasteiger partial charge in [0, 0.05) is 6.42 Å². The predicted molar refractivity (Wildman–Crippen MR) is 79.9 cm³/mol. The van der Waals surface area contributed by atoms with Crippen LogP contribution in [0, 0.1) is 0 Å². The molecule has 0 fully saturated rings. The molecule has 0 saturated carbocycles. The number of rotatable bonds is 9. The molecule has 0 bridgehead atoms. The van der Waals surface area contributed by atoms with Crippen molar-refractivity contribution in [2.45, 2.75) is 58.3 Å². The number of nitrogens with one attached hydrogen (secondary N) is 1. The zero-order valence-corrected chi connectivity index (χ0v) is 11.8. The Kier molecular flexibility index (Phi) is 7.63. The summed E-state index contributed by atoms with van der Waals surface area (Å²) in [6, 6.07) is 3.45. The van der Waals surface area contributed by atoms with E-state index in [1.54, 1.807) is 18.3 Å². The molecule has 0 aromatic carbocycles. The number of nitrogens with zero attached hydrogens (tertiary/aromatic N) is 1. The van der Waals surface area contributed by atoms with E-state index in [1.165, 1.54) is 32.1 Å². The molecule has 0 aliphatic heterocycles. The van der Waals surface area contributed by atoms with Gasteiger partial charge < -0.3 is 11.1 Å². The predicted octanol–water partition coefficient (Wildman–Crippen LogP) is 3.74. The largest absolute Gasteiger partial charge is 0.384 e. The molecule has 0 atom stereocenters. The zero-order valence-electron chi connectivity index (χ0n) is 11.8. The number of carbonyl (C=O) groups is 1. The fourth-order valence-corrected chi connectivity index (χ4v) is 1.95. The summed E-state index contributed by atoms with van der Waals surface area (Å²) in [5.41, 5.74) is 6.19. The number of hydrogen-bond donors (Lipinski definition) is 2. The highest BCUT2D eigenvalue weighted by Crippen LogP contribution is 2.10. The van der Waals surface area contributed by atoms with Crippen molar-refractivity contribution in [1.82, 2.24) is 4.98 Å². The van der Waals surface area contributed by atoms with Crippen LogP contribution < -0.4 is 11.1 Å². The number of carbonyl (C=O) groups excluding carboxylic acids is 1. The van der Waals surface area contributed by atoms with Crippen LogP contribution in [0.4, 0.5) is 11.5 Å². The molecule has 0 radical (unpaired) electrons. The van der Waals surface area contributed by atoms with E-state index in [0.29, 0.717) is 17.9 Å². The van der Waals surface area contributed by atoms with Crippen LogP contribution in [0.5, 0.6) is 0 Å². The van der Waals surface area contributed by atoms with E-state index in [2.05, 4.69) is 17.2 Å². The van der Waals surface area contributed by atoms with Crippen molar-refractivity contribution in [2.24, 2.45) is 0 Å². The van der Waals surface area contributed by atoms with Crippen LogP contribution >= 0.6 is 0 Å². The number of hydrogen-bond acceptors (Lipinski definition) is 3. The molecule has 0 saturated heterocycles. The summed E-state index contributed by atoms with van der Waals surface area (Å²) < 4.78 is 0. The van der Waals surface area contributed by atoms with E-state index >= 15 is 0 Å². The third-order valence-corrected chi connectivity index (χ3v) is 3.08. The van der Waals surface area contributed by atoms with Crippen molar-refractivity contribution in [3.63, 3.8) is 0 Å². The van der Waals surface area contributed by atoms with Crippen LogP contribution in [-0.2, 0) is 4.79 Å². The minimum absolute atomic E-state index is 0.0557. The molecule has 106 valence electrons. The van der Waals surface area contributed by atoms with Gasteiger partial charge in [0.2, 0.25) is 5.91 Å². The van der Waals surface area contributed by atoms with Gasteiger partial charge in [-0.05, 0) is 18.6 Å². The van der Waals surface area contributed by atoms with Crippen molar-refractivity contribution in [1.29, 1.82) is 0 Å². The first-order valence-corrected chi connectivity index (χ1v) is 7.23. The lowest BCUT2D eigenvalue weighted by molar-refractivity contribution is -0.116. The molecule has 3 N–H and O–H groups in total. The third-order valence-electron chi connectivity index (χ3n) is 3.08. The Balaban J connectivity index is 2.06. The molecule has 4 heteroatoms. The third kappa shape index (κ3) is 7.44. The van der Waals surface area contributed by atoms with Crippen molar-refractivity contribution >= 4 is 17.4 Å². The lowest BCUT2D eigenvalue weighted by Gasteiger charge is -2.05. The highest BCUT2D eigenvalue weighted by Gasteiger charge is 2.02. The van der Waals surface area contributed by atoms with E-state index in [1.807, 2.05) is 0 Å². The Morgan fingerprint density at radius 1 is 1.16 bits per heavy atom. The number of unbranched alkanes of at least 4 members (excludes halogenated alkanes) is 6. The maximum Gasteiger partial charge on any atom is 0.224 e. The molecule has 0 aliphatic carbocycles. The molecule has 1 aromatic heterocycles. The standard InChI is InChI=1S/C15H25N3O/c1-2-3-4-5-6-7-8-9-15(19)18-13-10-11-14(16)17-12-13/h10-12H,2-9H2,1H3,(H2,16,17)(H,18,19). The van der Waals surface area contributed by atoms with Gasteiger partial charge in [0.1, 0.15) is 5.82 Å². The van der Waals surface area contributed by atoms with Gasteiger partial charge >= 0.3 is 0 Å². The van der Waals surface area contributed by atoms with Crippen LogP contribution in [0.3, 0.4) is 0 Å². The number of pyridine rings is 1. The molecule has 1 heterocycles. The Morgan fingerprint density at radius 2 is 1.84 bits per heavy atom. The van der Waals surface area contributed by atoms with Crippen molar-refractivity contribution in [3.8, 4) is 0 Å². The fraction of sp³-hybridized carbons (Fsp3) is 0.600. The van der Waals surface area contributed by atoms with Gasteiger partial charge in [-0.15, -0.1) is 0 Å². The molecule has 0 aliphatic rings. The van der Waals surface area contributed by atoms with E-state index in [-0.39, 0.29) is 5.91 Å². The summed E-state index contributed by atoms with van der Waals surface area (Å²) in [6.07, 6.45) is 10.7. The first-order valence-electron chi connectivity index (χ1n) is 7.23. The second kappa shape index (κ2) is 9.36. The Bertz CT molecular complexity index is 362. The summed E-state index contributed by atoms with van der Waals surface area (Å²) >= 11 is 0. The lowest BCUT2D eigenvalue weighted by Crippen LogP contribution is -2.11. The number of amides is 1. The molecule has 1 amide bonds. The Morgan fingerprint density at radius 3 is 2.47 bits per heavy atom. The van der Waals surface area contributed by atoms with Crippen LogP contribution in [0.25, 0.3) is 0 Å². The van der Waals surface area contributed by atoms with E-state index in [4.69, 9.17) is 5.73 Å². The number of anilines is 2. The summed E-state index contributed by atoms with van der Waals surface area (Å²) in [4.78, 5) is 15.6. The van der Waals surface area contributed by atoms with Gasteiger partial charge in [0.05, 0.1) is 11.9 Å². The van der Waals surface area contributed by atoms with Gasteiger partial charge in [0.25, 0.3) is 0 Å². The average Bonchev–Trinajstić information content (AvgIpc) is 2.40. The van der Waals surface area contributed by atoms with Gasteiger partial charge in [0.15, 0.2) is 0 Å². The maximum atomic E-state index is 11.7. The second-order valence-corrected chi connectivity index (χ2v) is 4.89. The molecule has 19 heavy (non-hydrogen) atoms. The Labute approximate surface area is 115 Å². The molecular formula is C15H25N3O. The molecule has 0 unspecified atom stereocenters. The van der Waals surface area contributed by atoms with E-state index in [9.17, 15) is 4.79 Å². The van der Waals surface area contributed by atoms with E-state index in [0.717, 1.165) is 12.8 Å². The highest BCUT2D eigenvalue weighted by molar-refractivity contribution is 5.90. The number of nitrogen functional groups attached to an aromatic ring is 1. The van der Waals surface area contributed by atoms with Crippen LogP contribution in [-0.4, -0.2) is 10.9 Å². The average molecular weight is 263 g/mol. The summed E-state index contributed by atoms with van der Waals surface area (Å²) in [7, 11) is 0. The SMILES string of the molecule is CCCCCCCCCC(=O)Nc1ccc(N)nc1. The minimum Gasteiger partial charge on any atom is -0.384 e. The van der Waals surface area contributed by atoms with Gasteiger partial charge in [-0.1, -0.05) is 45.4 Å². The van der Waals surface area contributed by atoms with E-state index < -0.39 is 0 Å². The fourth-order valence-electron chi connectivity index (χ4n) is 1.95. The first kappa shape index (κ1) is 15.5. The quantitative estimate of drug-likeness (QED) is 0.667. The smallest absolute Gasteiger partial charge is 0.224 e. The minimum atomic E-state index is 0.0557. The van der Waals surface area contributed by atoms with Crippen molar-refractivity contribution in [2.75, 3.05) is 11.1 Å².